The molecule has 0 aromatic carbocycles. The Hall–Kier alpha value is -0.410. The molecular weight excluding hydrogens is 132 g/mol. The largest absolute Gasteiger partial charge is 0.393 e. The number of hydrogen-bond acceptors (Lipinski definition) is 3. The van der Waals surface area contributed by atoms with Gasteiger partial charge in [-0.05, 0) is 12.8 Å². The standard InChI is InChI=1S/C7H12O3/c8-5-1-2-6(9)4-7(10)3-5/h5,7-8,10H,1-4H2. The second-order valence-corrected chi connectivity index (χ2v) is 2.82. The second kappa shape index (κ2) is 3.12. The van der Waals surface area contributed by atoms with Crippen molar-refractivity contribution in [2.45, 2.75) is 37.9 Å². The Morgan fingerprint density at radius 2 is 2.00 bits per heavy atom. The zero-order valence-corrected chi connectivity index (χ0v) is 5.79. The Kier molecular flexibility index (Phi) is 2.40. The van der Waals surface area contributed by atoms with Crippen molar-refractivity contribution in [3.8, 4) is 0 Å². The number of hydrogen-bond donors (Lipinski definition) is 2. The van der Waals surface area contributed by atoms with Crippen LogP contribution in [-0.4, -0.2) is 28.2 Å². The maximum Gasteiger partial charge on any atom is 0.135 e. The van der Waals surface area contributed by atoms with Gasteiger partial charge in [-0.15, -0.1) is 0 Å². The summed E-state index contributed by atoms with van der Waals surface area (Å²) in [5.74, 6) is 0.0593. The molecule has 0 aromatic rings. The van der Waals surface area contributed by atoms with Crippen LogP contribution in [0.15, 0.2) is 0 Å². The summed E-state index contributed by atoms with van der Waals surface area (Å²) < 4.78 is 0. The maximum absolute atomic E-state index is 10.8. The third-order valence-electron chi connectivity index (χ3n) is 1.76. The van der Waals surface area contributed by atoms with E-state index in [-0.39, 0.29) is 12.2 Å². The van der Waals surface area contributed by atoms with E-state index in [4.69, 9.17) is 10.2 Å². The summed E-state index contributed by atoms with van der Waals surface area (Å²) >= 11 is 0. The molecule has 0 heterocycles. The molecule has 58 valence electrons. The molecule has 10 heavy (non-hydrogen) atoms. The van der Waals surface area contributed by atoms with Crippen LogP contribution in [0.5, 0.6) is 0 Å². The van der Waals surface area contributed by atoms with Crippen molar-refractivity contribution >= 4 is 5.78 Å². The summed E-state index contributed by atoms with van der Waals surface area (Å²) in [5, 5.41) is 18.1. The molecule has 2 unspecified atom stereocenters. The number of aliphatic hydroxyl groups is 2. The van der Waals surface area contributed by atoms with Crippen LogP contribution < -0.4 is 0 Å². The lowest BCUT2D eigenvalue weighted by molar-refractivity contribution is -0.120. The molecular formula is C7H12O3. The van der Waals surface area contributed by atoms with Crippen LogP contribution in [0.25, 0.3) is 0 Å². The van der Waals surface area contributed by atoms with Gasteiger partial charge in [0.05, 0.1) is 12.2 Å². The topological polar surface area (TPSA) is 57.5 Å². The van der Waals surface area contributed by atoms with Gasteiger partial charge < -0.3 is 10.2 Å². The molecule has 0 aromatic heterocycles. The monoisotopic (exact) mass is 144 g/mol. The number of aliphatic hydroxyl groups excluding tert-OH is 2. The SMILES string of the molecule is O=C1CCC(O)CC(O)C1. The van der Waals surface area contributed by atoms with Crippen LogP contribution >= 0.6 is 0 Å². The third kappa shape index (κ3) is 2.08. The lowest BCUT2D eigenvalue weighted by atomic mass is 10.1. The van der Waals surface area contributed by atoms with Crippen molar-refractivity contribution in [3.63, 3.8) is 0 Å². The molecule has 1 fully saturated rings. The molecule has 0 saturated heterocycles. The maximum atomic E-state index is 10.8. The predicted molar refractivity (Wildman–Crippen MR) is 35.5 cm³/mol. The van der Waals surface area contributed by atoms with E-state index >= 15 is 0 Å². The molecule has 0 spiro atoms. The zero-order chi connectivity index (χ0) is 7.56. The van der Waals surface area contributed by atoms with Gasteiger partial charge in [-0.3, -0.25) is 4.79 Å². The Bertz CT molecular complexity index is 133. The molecule has 2 atom stereocenters. The number of rotatable bonds is 0. The number of ketones is 1. The number of carbonyl (C=O) groups is 1. The Balaban J connectivity index is 2.46. The van der Waals surface area contributed by atoms with Gasteiger partial charge in [-0.2, -0.15) is 0 Å². The van der Waals surface area contributed by atoms with Crippen LogP contribution in [0.1, 0.15) is 25.7 Å². The Morgan fingerprint density at radius 1 is 1.30 bits per heavy atom. The summed E-state index contributed by atoms with van der Waals surface area (Å²) in [6.45, 7) is 0. The Labute approximate surface area is 59.7 Å². The van der Waals surface area contributed by atoms with Gasteiger partial charge >= 0.3 is 0 Å². The van der Waals surface area contributed by atoms with E-state index in [1.807, 2.05) is 0 Å². The van der Waals surface area contributed by atoms with Crippen LogP contribution in [0.4, 0.5) is 0 Å². The third-order valence-corrected chi connectivity index (χ3v) is 1.76. The van der Waals surface area contributed by atoms with Gasteiger partial charge in [-0.25, -0.2) is 0 Å². The van der Waals surface area contributed by atoms with Gasteiger partial charge in [-0.1, -0.05) is 0 Å². The van der Waals surface area contributed by atoms with Gasteiger partial charge in [0.2, 0.25) is 0 Å². The van der Waals surface area contributed by atoms with Crippen LogP contribution in [0.2, 0.25) is 0 Å². The molecule has 1 aliphatic rings. The molecule has 0 bridgehead atoms. The van der Waals surface area contributed by atoms with Gasteiger partial charge in [0.15, 0.2) is 0 Å². The first kappa shape index (κ1) is 7.69. The van der Waals surface area contributed by atoms with E-state index in [1.54, 1.807) is 0 Å². The zero-order valence-electron chi connectivity index (χ0n) is 5.79. The fourth-order valence-corrected chi connectivity index (χ4v) is 1.21. The van der Waals surface area contributed by atoms with Gasteiger partial charge in [0.1, 0.15) is 5.78 Å². The van der Waals surface area contributed by atoms with E-state index in [0.29, 0.717) is 19.3 Å². The number of Topliss-reactive ketones (excluding diaryl/α,β-unsaturated/α-hetero) is 1. The average molecular weight is 144 g/mol. The first-order valence-corrected chi connectivity index (χ1v) is 3.56. The van der Waals surface area contributed by atoms with Crippen LogP contribution in [-0.2, 0) is 4.79 Å². The molecule has 2 N–H and O–H groups in total. The minimum atomic E-state index is -0.620. The highest BCUT2D eigenvalue weighted by atomic mass is 16.3. The van der Waals surface area contributed by atoms with Crippen molar-refractivity contribution < 1.29 is 15.0 Å². The summed E-state index contributed by atoms with van der Waals surface area (Å²) in [6, 6.07) is 0. The first-order chi connectivity index (χ1) is 4.68. The summed E-state index contributed by atoms with van der Waals surface area (Å²) in [4.78, 5) is 10.8. The highest BCUT2D eigenvalue weighted by Gasteiger charge is 2.20. The molecule has 3 heteroatoms. The lowest BCUT2D eigenvalue weighted by Crippen LogP contribution is -2.14. The normalized spacial score (nSPS) is 35.6. The van der Waals surface area contributed by atoms with Gasteiger partial charge in [0, 0.05) is 12.8 Å². The number of carbonyl (C=O) groups excluding carboxylic acids is 1. The second-order valence-electron chi connectivity index (χ2n) is 2.82. The molecule has 1 aliphatic carbocycles. The van der Waals surface area contributed by atoms with Gasteiger partial charge in [0.25, 0.3) is 0 Å². The van der Waals surface area contributed by atoms with E-state index in [1.165, 1.54) is 0 Å². The van der Waals surface area contributed by atoms with Crippen LogP contribution in [0.3, 0.4) is 0 Å². The average Bonchev–Trinajstić information content (AvgIpc) is 1.93. The molecule has 3 nitrogen and oxygen atoms in total. The molecule has 0 amide bonds. The first-order valence-electron chi connectivity index (χ1n) is 3.56. The van der Waals surface area contributed by atoms with Crippen molar-refractivity contribution in [2.75, 3.05) is 0 Å². The molecule has 1 saturated carbocycles. The quantitative estimate of drug-likeness (QED) is 0.465. The summed E-state index contributed by atoms with van der Waals surface area (Å²) in [6.07, 6.45) is 0.392. The highest BCUT2D eigenvalue weighted by molar-refractivity contribution is 5.79. The fourth-order valence-electron chi connectivity index (χ4n) is 1.21. The molecule has 0 radical (unpaired) electrons. The minimum Gasteiger partial charge on any atom is -0.393 e. The van der Waals surface area contributed by atoms with E-state index in [2.05, 4.69) is 0 Å². The smallest absolute Gasteiger partial charge is 0.135 e. The van der Waals surface area contributed by atoms with Crippen molar-refractivity contribution in [3.05, 3.63) is 0 Å². The van der Waals surface area contributed by atoms with E-state index < -0.39 is 12.2 Å². The van der Waals surface area contributed by atoms with E-state index in [0.717, 1.165) is 0 Å². The fraction of sp³-hybridized carbons (Fsp3) is 0.857. The minimum absolute atomic E-state index is 0.0593. The van der Waals surface area contributed by atoms with Crippen molar-refractivity contribution in [2.24, 2.45) is 0 Å². The molecule has 1 rings (SSSR count). The predicted octanol–water partition coefficient (Wildman–Crippen LogP) is -0.149. The summed E-state index contributed by atoms with van der Waals surface area (Å²) in [5.41, 5.74) is 0. The lowest BCUT2D eigenvalue weighted by Gasteiger charge is -2.07. The van der Waals surface area contributed by atoms with E-state index in [9.17, 15) is 4.79 Å². The van der Waals surface area contributed by atoms with Crippen LogP contribution in [0, 0.1) is 0 Å². The van der Waals surface area contributed by atoms with Crippen molar-refractivity contribution in [1.29, 1.82) is 0 Å². The van der Waals surface area contributed by atoms with Crippen molar-refractivity contribution in [1.82, 2.24) is 0 Å². The highest BCUT2D eigenvalue weighted by Crippen LogP contribution is 2.14. The summed E-state index contributed by atoms with van der Waals surface area (Å²) in [7, 11) is 0. The molecule has 0 aliphatic heterocycles. The Morgan fingerprint density at radius 3 is 2.70 bits per heavy atom.